The van der Waals surface area contributed by atoms with E-state index in [-0.39, 0.29) is 12.4 Å². The van der Waals surface area contributed by atoms with Gasteiger partial charge in [-0.1, -0.05) is 6.07 Å². The Morgan fingerprint density at radius 3 is 2.70 bits per heavy atom. The second kappa shape index (κ2) is 6.05. The van der Waals surface area contributed by atoms with Crippen molar-refractivity contribution in [3.8, 4) is 11.4 Å². The minimum atomic E-state index is -0.450. The first-order chi connectivity index (χ1) is 11.1. The summed E-state index contributed by atoms with van der Waals surface area (Å²) in [6.07, 6.45) is 0.473. The minimum Gasteiger partial charge on any atom is -0.506 e. The lowest BCUT2D eigenvalue weighted by Crippen LogP contribution is -2.01. The number of nitrogens with zero attached hydrogens (tertiary/aromatic N) is 3. The fourth-order valence-corrected chi connectivity index (χ4v) is 2.28. The molecule has 0 atom stereocenters. The molecule has 0 aliphatic carbocycles. The highest BCUT2D eigenvalue weighted by molar-refractivity contribution is 5.93. The largest absolute Gasteiger partial charge is 0.506 e. The van der Waals surface area contributed by atoms with Gasteiger partial charge >= 0.3 is 5.97 Å². The Hall–Kier alpha value is -2.93. The molecule has 3 rings (SSSR count). The Morgan fingerprint density at radius 2 is 1.96 bits per heavy atom. The van der Waals surface area contributed by atoms with Gasteiger partial charge in [0.1, 0.15) is 22.5 Å². The van der Waals surface area contributed by atoms with Crippen molar-refractivity contribution in [1.82, 2.24) is 15.0 Å². The number of ether oxygens (including phenoxy) is 1. The van der Waals surface area contributed by atoms with E-state index >= 15 is 0 Å². The van der Waals surface area contributed by atoms with Crippen LogP contribution >= 0.6 is 0 Å². The number of hydrogen-bond acceptors (Lipinski definition) is 6. The van der Waals surface area contributed by atoms with Gasteiger partial charge in [-0.25, -0.2) is 4.79 Å². The first kappa shape index (κ1) is 15.0. The van der Waals surface area contributed by atoms with E-state index < -0.39 is 5.97 Å². The Balaban J connectivity index is 2.06. The summed E-state index contributed by atoms with van der Waals surface area (Å²) in [6.45, 7) is 0.0151. The second-order valence-electron chi connectivity index (χ2n) is 4.98. The molecule has 7 heteroatoms. The van der Waals surface area contributed by atoms with Crippen molar-refractivity contribution in [3.63, 3.8) is 0 Å². The Kier molecular flexibility index (Phi) is 3.94. The predicted octanol–water partition coefficient (Wildman–Crippen LogP) is 1.45. The fourth-order valence-electron chi connectivity index (χ4n) is 2.28. The molecule has 2 aromatic carbocycles. The average molecular weight is 313 g/mol. The van der Waals surface area contributed by atoms with E-state index in [4.69, 9.17) is 5.11 Å². The van der Waals surface area contributed by atoms with Crippen LogP contribution in [0.5, 0.6) is 5.75 Å². The fraction of sp³-hybridized carbons (Fsp3) is 0.188. The summed E-state index contributed by atoms with van der Waals surface area (Å²) in [5, 5.41) is 27.7. The molecule has 0 spiro atoms. The zero-order valence-corrected chi connectivity index (χ0v) is 12.4. The summed E-state index contributed by atoms with van der Waals surface area (Å²) >= 11 is 0. The molecular formula is C16H15N3O4. The molecule has 0 fully saturated rings. The molecule has 0 bridgehead atoms. The van der Waals surface area contributed by atoms with Gasteiger partial charge in [0.25, 0.3) is 0 Å². The number of methoxy groups -OCH3 is 1. The second-order valence-corrected chi connectivity index (χ2v) is 4.98. The van der Waals surface area contributed by atoms with Gasteiger partial charge in [-0.15, -0.1) is 15.0 Å². The van der Waals surface area contributed by atoms with E-state index in [1.54, 1.807) is 30.3 Å². The predicted molar refractivity (Wildman–Crippen MR) is 82.7 cm³/mol. The Labute approximate surface area is 131 Å². The van der Waals surface area contributed by atoms with Crippen LogP contribution in [0.4, 0.5) is 0 Å². The number of aliphatic hydroxyl groups excluding tert-OH is 1. The number of phenols is 1. The number of fused-ring (bicyclic) bond motifs is 1. The van der Waals surface area contributed by atoms with Crippen LogP contribution in [0.2, 0.25) is 0 Å². The van der Waals surface area contributed by atoms with Gasteiger partial charge in [-0.2, -0.15) is 0 Å². The van der Waals surface area contributed by atoms with E-state index in [0.29, 0.717) is 28.7 Å². The molecule has 0 saturated carbocycles. The summed E-state index contributed by atoms with van der Waals surface area (Å²) in [5.74, 6) is -0.422. The summed E-state index contributed by atoms with van der Waals surface area (Å²) in [4.78, 5) is 12.9. The molecule has 0 amide bonds. The standard InChI is InChI=1S/C16H15N3O4/c1-23-16(22)11-3-4-12-13(9-11)18-19(17-12)14-8-10(6-7-20)2-5-15(14)21/h2-5,8-9,20-21H,6-7H2,1H3. The summed E-state index contributed by atoms with van der Waals surface area (Å²) in [6, 6.07) is 9.84. The third-order valence-electron chi connectivity index (χ3n) is 3.46. The van der Waals surface area contributed by atoms with Crippen LogP contribution in [0.1, 0.15) is 15.9 Å². The van der Waals surface area contributed by atoms with Crippen LogP contribution in [0.25, 0.3) is 16.7 Å². The lowest BCUT2D eigenvalue weighted by Gasteiger charge is -2.05. The lowest BCUT2D eigenvalue weighted by molar-refractivity contribution is 0.0601. The van der Waals surface area contributed by atoms with Crippen molar-refractivity contribution in [2.24, 2.45) is 0 Å². The van der Waals surface area contributed by atoms with Gasteiger partial charge in [-0.3, -0.25) is 0 Å². The topological polar surface area (TPSA) is 97.5 Å². The van der Waals surface area contributed by atoms with E-state index in [1.807, 2.05) is 0 Å². The molecule has 0 aliphatic heterocycles. The van der Waals surface area contributed by atoms with Crippen LogP contribution in [-0.4, -0.2) is 44.9 Å². The molecule has 7 nitrogen and oxygen atoms in total. The zero-order chi connectivity index (χ0) is 16.4. The van der Waals surface area contributed by atoms with Crippen molar-refractivity contribution in [2.45, 2.75) is 6.42 Å². The van der Waals surface area contributed by atoms with Crippen LogP contribution in [-0.2, 0) is 11.2 Å². The molecule has 0 aliphatic rings. The molecule has 0 saturated heterocycles. The normalized spacial score (nSPS) is 10.9. The number of phenolic OH excluding ortho intramolecular Hbond substituents is 1. The number of benzene rings is 2. The van der Waals surface area contributed by atoms with Gasteiger partial charge in [0.15, 0.2) is 0 Å². The first-order valence-corrected chi connectivity index (χ1v) is 7.01. The Bertz CT molecular complexity index is 873. The van der Waals surface area contributed by atoms with Crippen LogP contribution in [0.15, 0.2) is 36.4 Å². The molecule has 23 heavy (non-hydrogen) atoms. The zero-order valence-electron chi connectivity index (χ0n) is 12.4. The van der Waals surface area contributed by atoms with Crippen molar-refractivity contribution in [1.29, 1.82) is 0 Å². The van der Waals surface area contributed by atoms with Gasteiger partial charge < -0.3 is 14.9 Å². The molecule has 1 heterocycles. The summed E-state index contributed by atoms with van der Waals surface area (Å²) < 4.78 is 4.68. The summed E-state index contributed by atoms with van der Waals surface area (Å²) in [7, 11) is 1.31. The third-order valence-corrected chi connectivity index (χ3v) is 3.46. The maximum Gasteiger partial charge on any atom is 0.337 e. The van der Waals surface area contributed by atoms with Gasteiger partial charge in [0.05, 0.1) is 12.7 Å². The summed E-state index contributed by atoms with van der Waals surface area (Å²) in [5.41, 5.74) is 2.75. The van der Waals surface area contributed by atoms with Crippen molar-refractivity contribution in [2.75, 3.05) is 13.7 Å². The molecule has 2 N–H and O–H groups in total. The first-order valence-electron chi connectivity index (χ1n) is 7.01. The highest BCUT2D eigenvalue weighted by Gasteiger charge is 2.12. The Morgan fingerprint density at radius 1 is 1.17 bits per heavy atom. The smallest absolute Gasteiger partial charge is 0.337 e. The molecule has 3 aromatic rings. The lowest BCUT2D eigenvalue weighted by atomic mass is 10.1. The van der Waals surface area contributed by atoms with E-state index in [0.717, 1.165) is 5.56 Å². The molecule has 0 unspecified atom stereocenters. The maximum atomic E-state index is 11.6. The third kappa shape index (κ3) is 2.86. The highest BCUT2D eigenvalue weighted by atomic mass is 16.5. The van der Waals surface area contributed by atoms with E-state index in [9.17, 15) is 9.90 Å². The monoisotopic (exact) mass is 313 g/mol. The van der Waals surface area contributed by atoms with Gasteiger partial charge in [0.2, 0.25) is 0 Å². The van der Waals surface area contributed by atoms with Gasteiger partial charge in [0, 0.05) is 6.61 Å². The quantitative estimate of drug-likeness (QED) is 0.708. The average Bonchev–Trinajstić information content (AvgIpc) is 2.98. The van der Waals surface area contributed by atoms with Crippen molar-refractivity contribution in [3.05, 3.63) is 47.5 Å². The number of rotatable bonds is 4. The maximum absolute atomic E-state index is 11.6. The van der Waals surface area contributed by atoms with Crippen LogP contribution in [0.3, 0.4) is 0 Å². The number of aromatic nitrogens is 3. The molecule has 0 radical (unpaired) electrons. The van der Waals surface area contributed by atoms with E-state index in [1.165, 1.54) is 18.0 Å². The number of hydrogen-bond donors (Lipinski definition) is 2. The number of carbonyl (C=O) groups is 1. The number of aromatic hydroxyl groups is 1. The minimum absolute atomic E-state index is 0.0151. The number of esters is 1. The van der Waals surface area contributed by atoms with Crippen molar-refractivity contribution >= 4 is 17.0 Å². The van der Waals surface area contributed by atoms with Crippen LogP contribution < -0.4 is 0 Å². The van der Waals surface area contributed by atoms with Crippen molar-refractivity contribution < 1.29 is 19.7 Å². The SMILES string of the molecule is COC(=O)c1ccc2nn(-c3cc(CCO)ccc3O)nc2c1. The highest BCUT2D eigenvalue weighted by Crippen LogP contribution is 2.23. The van der Waals surface area contributed by atoms with Gasteiger partial charge in [-0.05, 0) is 42.3 Å². The number of aliphatic hydroxyl groups is 1. The van der Waals surface area contributed by atoms with Crippen LogP contribution in [0, 0.1) is 0 Å². The van der Waals surface area contributed by atoms with E-state index in [2.05, 4.69) is 14.9 Å². The molecule has 1 aromatic heterocycles. The molecule has 118 valence electrons. The molecular weight excluding hydrogens is 298 g/mol. The number of carbonyl (C=O) groups excluding carboxylic acids is 1.